The number of fused-ring (bicyclic) bond motifs is 5. The second-order valence-electron chi connectivity index (χ2n) is 6.45. The number of rotatable bonds is 1. The van der Waals surface area contributed by atoms with Crippen LogP contribution in [0.4, 0.5) is 0 Å². The summed E-state index contributed by atoms with van der Waals surface area (Å²) in [5, 5.41) is 4.76. The fraction of sp³-hybridized carbons (Fsp3) is 0.0909. The average Bonchev–Trinajstić information content (AvgIpc) is 3.01. The van der Waals surface area contributed by atoms with E-state index in [4.69, 9.17) is 4.42 Å². The van der Waals surface area contributed by atoms with Gasteiger partial charge in [-0.3, -0.25) is 0 Å². The van der Waals surface area contributed by atoms with E-state index in [1.165, 1.54) is 16.2 Å². The van der Waals surface area contributed by atoms with Gasteiger partial charge in [-0.05, 0) is 34.3 Å². The van der Waals surface area contributed by atoms with Gasteiger partial charge in [-0.25, -0.2) is 4.57 Å². The van der Waals surface area contributed by atoms with Gasteiger partial charge in [-0.15, -0.1) is 0 Å². The zero-order chi connectivity index (χ0) is 17.0. The highest BCUT2D eigenvalue weighted by Crippen LogP contribution is 2.39. The number of aromatic nitrogens is 2. The Morgan fingerprint density at radius 3 is 2.68 bits per heavy atom. The summed E-state index contributed by atoms with van der Waals surface area (Å²) >= 11 is 0. The number of furan rings is 1. The number of benzene rings is 3. The topological polar surface area (TPSA) is 29.9 Å². The highest BCUT2D eigenvalue weighted by molar-refractivity contribution is 6.20. The summed E-state index contributed by atoms with van der Waals surface area (Å²) in [4.78, 5) is 4.59. The van der Waals surface area contributed by atoms with Gasteiger partial charge in [-0.1, -0.05) is 42.5 Å². The summed E-state index contributed by atoms with van der Waals surface area (Å²) in [5.41, 5.74) is 4.03. The first-order valence-corrected chi connectivity index (χ1v) is 8.38. The molecule has 3 nitrogen and oxygen atoms in total. The van der Waals surface area contributed by atoms with Crippen LogP contribution in [0.1, 0.15) is 5.56 Å². The summed E-state index contributed by atoms with van der Waals surface area (Å²) in [7, 11) is 2.01. The molecule has 5 rings (SSSR count). The lowest BCUT2D eigenvalue weighted by Crippen LogP contribution is -2.31. The van der Waals surface area contributed by atoms with Crippen LogP contribution in [0.5, 0.6) is 0 Å². The Labute approximate surface area is 145 Å². The van der Waals surface area contributed by atoms with Gasteiger partial charge < -0.3 is 4.42 Å². The van der Waals surface area contributed by atoms with Crippen molar-refractivity contribution in [3.8, 4) is 11.4 Å². The molecule has 0 N–H and O–H groups in total. The lowest BCUT2D eigenvalue weighted by atomic mass is 10.00. The number of hydrogen-bond donors (Lipinski definition) is 0. The number of hydrogen-bond acceptors (Lipinski definition) is 2. The Hall–Kier alpha value is -3.20. The number of nitrogens with zero attached hydrogens (tertiary/aromatic N) is 2. The van der Waals surface area contributed by atoms with Crippen molar-refractivity contribution in [2.75, 3.05) is 0 Å². The third-order valence-corrected chi connectivity index (χ3v) is 4.89. The van der Waals surface area contributed by atoms with Crippen LogP contribution in [-0.4, -0.2) is 4.98 Å². The van der Waals surface area contributed by atoms with E-state index < -0.39 is 0 Å². The molecule has 0 spiro atoms. The van der Waals surface area contributed by atoms with E-state index in [-0.39, 0.29) is 0 Å². The number of aryl methyl sites for hydroxylation is 2. The van der Waals surface area contributed by atoms with Crippen LogP contribution >= 0.6 is 0 Å². The summed E-state index contributed by atoms with van der Waals surface area (Å²) in [6.07, 6.45) is 3.84. The van der Waals surface area contributed by atoms with Crippen molar-refractivity contribution in [3.63, 3.8) is 0 Å². The van der Waals surface area contributed by atoms with Crippen molar-refractivity contribution < 1.29 is 8.98 Å². The molecular weight excluding hydrogens is 308 g/mol. The van der Waals surface area contributed by atoms with Crippen LogP contribution in [0, 0.1) is 6.92 Å². The van der Waals surface area contributed by atoms with Gasteiger partial charge in [0.1, 0.15) is 17.3 Å². The van der Waals surface area contributed by atoms with Crippen molar-refractivity contribution in [1.29, 1.82) is 0 Å². The summed E-state index contributed by atoms with van der Waals surface area (Å²) < 4.78 is 8.36. The van der Waals surface area contributed by atoms with Crippen LogP contribution in [0.15, 0.2) is 71.4 Å². The molecule has 0 saturated heterocycles. The highest BCUT2D eigenvalue weighted by Gasteiger charge is 2.22. The SMILES string of the molecule is Cc1ccc2c(oc3ccc4ccccc4c32)c1-c1nccc[n+]1C. The fourth-order valence-electron chi connectivity index (χ4n) is 3.67. The molecule has 2 aromatic heterocycles. The van der Waals surface area contributed by atoms with Crippen molar-refractivity contribution in [1.82, 2.24) is 4.98 Å². The predicted octanol–water partition coefficient (Wildman–Crippen LogP) is 4.93. The van der Waals surface area contributed by atoms with Gasteiger partial charge in [0.2, 0.25) is 0 Å². The molecule has 0 aliphatic heterocycles. The van der Waals surface area contributed by atoms with E-state index in [1.54, 1.807) is 0 Å². The Bertz CT molecular complexity index is 1270. The lowest BCUT2D eigenvalue weighted by molar-refractivity contribution is -0.663. The molecule has 0 fully saturated rings. The lowest BCUT2D eigenvalue weighted by Gasteiger charge is -2.03. The van der Waals surface area contributed by atoms with E-state index in [2.05, 4.69) is 60.4 Å². The zero-order valence-electron chi connectivity index (χ0n) is 14.2. The normalized spacial score (nSPS) is 11.6. The van der Waals surface area contributed by atoms with Gasteiger partial charge in [0, 0.05) is 16.8 Å². The molecule has 3 aromatic carbocycles. The standard InChI is InChI=1S/C22H17N2O/c1-14-8-10-17-20-16-7-4-3-6-15(16)9-11-18(20)25-21(17)19(14)22-23-12-5-13-24(22)2/h3-13H,1-2H3/q+1. The van der Waals surface area contributed by atoms with Gasteiger partial charge >= 0.3 is 5.82 Å². The first-order valence-electron chi connectivity index (χ1n) is 8.38. The maximum absolute atomic E-state index is 6.33. The monoisotopic (exact) mass is 325 g/mol. The third-order valence-electron chi connectivity index (χ3n) is 4.89. The molecule has 0 bridgehead atoms. The molecule has 0 unspecified atom stereocenters. The fourth-order valence-corrected chi connectivity index (χ4v) is 3.67. The Balaban J connectivity index is 1.99. The van der Waals surface area contributed by atoms with Crippen molar-refractivity contribution in [2.24, 2.45) is 7.05 Å². The molecule has 5 aromatic rings. The van der Waals surface area contributed by atoms with Gasteiger partial charge in [0.05, 0.1) is 13.2 Å². The molecule has 0 amide bonds. The summed E-state index contributed by atoms with van der Waals surface area (Å²) in [6.45, 7) is 2.11. The maximum Gasteiger partial charge on any atom is 0.334 e. The molecule has 0 saturated carbocycles. The van der Waals surface area contributed by atoms with E-state index in [0.717, 1.165) is 33.5 Å². The molecule has 0 atom stereocenters. The first-order chi connectivity index (χ1) is 12.2. The molecule has 2 heterocycles. The van der Waals surface area contributed by atoms with Gasteiger partial charge in [-0.2, -0.15) is 0 Å². The molecule has 25 heavy (non-hydrogen) atoms. The van der Waals surface area contributed by atoms with E-state index in [1.807, 2.05) is 30.1 Å². The smallest absolute Gasteiger partial charge is 0.334 e. The van der Waals surface area contributed by atoms with Gasteiger partial charge in [0.25, 0.3) is 0 Å². The zero-order valence-corrected chi connectivity index (χ0v) is 14.2. The van der Waals surface area contributed by atoms with Gasteiger partial charge in [0.15, 0.2) is 5.58 Å². The quantitative estimate of drug-likeness (QED) is 0.409. The van der Waals surface area contributed by atoms with Crippen LogP contribution in [-0.2, 0) is 7.05 Å². The second-order valence-corrected chi connectivity index (χ2v) is 6.45. The van der Waals surface area contributed by atoms with Crippen LogP contribution in [0.25, 0.3) is 44.1 Å². The first kappa shape index (κ1) is 14.2. The Morgan fingerprint density at radius 2 is 1.80 bits per heavy atom. The van der Waals surface area contributed by atoms with E-state index >= 15 is 0 Å². The maximum atomic E-state index is 6.33. The third kappa shape index (κ3) is 1.99. The largest absolute Gasteiger partial charge is 0.455 e. The van der Waals surface area contributed by atoms with Crippen LogP contribution < -0.4 is 4.57 Å². The molecular formula is C22H17N2O+. The van der Waals surface area contributed by atoms with Crippen LogP contribution in [0.2, 0.25) is 0 Å². The molecule has 3 heteroatoms. The van der Waals surface area contributed by atoms with E-state index in [9.17, 15) is 0 Å². The molecule has 0 aliphatic rings. The molecule has 0 radical (unpaired) electrons. The molecule has 120 valence electrons. The minimum absolute atomic E-state index is 0.903. The average molecular weight is 325 g/mol. The van der Waals surface area contributed by atoms with Crippen molar-refractivity contribution in [3.05, 3.63) is 72.6 Å². The van der Waals surface area contributed by atoms with Crippen molar-refractivity contribution >= 4 is 32.7 Å². The second kappa shape index (κ2) is 5.15. The highest BCUT2D eigenvalue weighted by atomic mass is 16.3. The summed E-state index contributed by atoms with van der Waals surface area (Å²) in [5.74, 6) is 0.911. The Morgan fingerprint density at radius 1 is 0.920 bits per heavy atom. The van der Waals surface area contributed by atoms with Crippen molar-refractivity contribution in [2.45, 2.75) is 6.92 Å². The minimum Gasteiger partial charge on any atom is -0.455 e. The van der Waals surface area contributed by atoms with Crippen LogP contribution in [0.3, 0.4) is 0 Å². The Kier molecular flexibility index (Phi) is 2.92. The van der Waals surface area contributed by atoms with E-state index in [0.29, 0.717) is 0 Å². The minimum atomic E-state index is 0.903. The molecule has 0 aliphatic carbocycles. The predicted molar refractivity (Wildman–Crippen MR) is 100 cm³/mol. The summed E-state index contributed by atoms with van der Waals surface area (Å²) in [6, 6.07) is 18.9.